The van der Waals surface area contributed by atoms with Gasteiger partial charge >= 0.3 is 0 Å². The molecular formula is C21H29N5O2S. The Morgan fingerprint density at radius 3 is 2.48 bits per heavy atom. The number of H-pyrrole nitrogens is 1. The lowest BCUT2D eigenvalue weighted by atomic mass is 9.95. The van der Waals surface area contributed by atoms with Gasteiger partial charge in [-0.2, -0.15) is 4.98 Å². The van der Waals surface area contributed by atoms with E-state index < -0.39 is 0 Å². The first-order chi connectivity index (χ1) is 14.0. The molecule has 0 saturated carbocycles. The Hall–Kier alpha value is -2.03. The first kappa shape index (κ1) is 20.3. The van der Waals surface area contributed by atoms with E-state index in [4.69, 9.17) is 17.0 Å². The SMILES string of the molecule is C[C@H]1CN(C(=O)C2CCN(Cn3[nH]c(-c4ccccc4)nc3=S)CC2)C[C@H](C)O1. The number of rotatable bonds is 4. The molecule has 7 nitrogen and oxygen atoms in total. The summed E-state index contributed by atoms with van der Waals surface area (Å²) < 4.78 is 8.22. The van der Waals surface area contributed by atoms with Gasteiger partial charge in [0.25, 0.3) is 0 Å². The maximum atomic E-state index is 12.9. The fourth-order valence-corrected chi connectivity index (χ4v) is 4.51. The van der Waals surface area contributed by atoms with Crippen molar-refractivity contribution in [3.8, 4) is 11.4 Å². The van der Waals surface area contributed by atoms with Crippen molar-refractivity contribution in [1.29, 1.82) is 0 Å². The van der Waals surface area contributed by atoms with E-state index in [1.165, 1.54) is 0 Å². The highest BCUT2D eigenvalue weighted by atomic mass is 32.1. The van der Waals surface area contributed by atoms with Gasteiger partial charge in [0.1, 0.15) is 0 Å². The molecule has 156 valence electrons. The van der Waals surface area contributed by atoms with Crippen LogP contribution in [0, 0.1) is 10.7 Å². The number of likely N-dealkylation sites (tertiary alicyclic amines) is 1. The van der Waals surface area contributed by atoms with Crippen LogP contribution >= 0.6 is 12.2 Å². The van der Waals surface area contributed by atoms with Gasteiger partial charge in [-0.25, -0.2) is 4.68 Å². The van der Waals surface area contributed by atoms with Crippen LogP contribution in [0.1, 0.15) is 26.7 Å². The average Bonchev–Trinajstić information content (AvgIpc) is 3.08. The molecule has 0 aliphatic carbocycles. The number of hydrogen-bond donors (Lipinski definition) is 1. The van der Waals surface area contributed by atoms with Crippen LogP contribution in [0.25, 0.3) is 11.4 Å². The zero-order valence-corrected chi connectivity index (χ0v) is 17.9. The second-order valence-electron chi connectivity index (χ2n) is 8.18. The Balaban J connectivity index is 1.33. The minimum Gasteiger partial charge on any atom is -0.372 e. The number of carbonyl (C=O) groups is 1. The fourth-order valence-electron chi connectivity index (χ4n) is 4.31. The van der Waals surface area contributed by atoms with Gasteiger partial charge in [-0.05, 0) is 38.9 Å². The van der Waals surface area contributed by atoms with Crippen molar-refractivity contribution < 1.29 is 9.53 Å². The van der Waals surface area contributed by atoms with Crippen LogP contribution in [0.2, 0.25) is 0 Å². The molecule has 0 radical (unpaired) electrons. The number of benzene rings is 1. The van der Waals surface area contributed by atoms with E-state index in [-0.39, 0.29) is 24.0 Å². The first-order valence-corrected chi connectivity index (χ1v) is 10.8. The predicted octanol–water partition coefficient (Wildman–Crippen LogP) is 2.91. The monoisotopic (exact) mass is 415 g/mol. The van der Waals surface area contributed by atoms with E-state index in [0.29, 0.717) is 24.5 Å². The molecule has 2 fully saturated rings. The average molecular weight is 416 g/mol. The lowest BCUT2D eigenvalue weighted by molar-refractivity contribution is -0.149. The van der Waals surface area contributed by atoms with Gasteiger partial charge in [0.15, 0.2) is 5.82 Å². The third kappa shape index (κ3) is 4.76. The third-order valence-electron chi connectivity index (χ3n) is 5.74. The predicted molar refractivity (Wildman–Crippen MR) is 114 cm³/mol. The molecule has 0 unspecified atom stereocenters. The number of ether oxygens (including phenoxy) is 1. The lowest BCUT2D eigenvalue weighted by Crippen LogP contribution is -2.51. The molecule has 2 aromatic rings. The molecule has 1 amide bonds. The maximum Gasteiger partial charge on any atom is 0.225 e. The maximum absolute atomic E-state index is 12.9. The molecule has 4 rings (SSSR count). The summed E-state index contributed by atoms with van der Waals surface area (Å²) in [6, 6.07) is 10.00. The fraction of sp³-hybridized carbons (Fsp3) is 0.571. The van der Waals surface area contributed by atoms with Crippen LogP contribution in [-0.4, -0.2) is 68.9 Å². The van der Waals surface area contributed by atoms with Crippen molar-refractivity contribution in [2.24, 2.45) is 5.92 Å². The van der Waals surface area contributed by atoms with Crippen molar-refractivity contribution in [2.75, 3.05) is 26.2 Å². The van der Waals surface area contributed by atoms with Crippen molar-refractivity contribution >= 4 is 18.1 Å². The van der Waals surface area contributed by atoms with Gasteiger partial charge in [-0.3, -0.25) is 14.8 Å². The van der Waals surface area contributed by atoms with E-state index in [9.17, 15) is 4.79 Å². The summed E-state index contributed by atoms with van der Waals surface area (Å²) in [5.74, 6) is 1.19. The first-order valence-electron chi connectivity index (χ1n) is 10.4. The normalized spacial score (nSPS) is 24.0. The zero-order chi connectivity index (χ0) is 20.4. The van der Waals surface area contributed by atoms with E-state index in [2.05, 4.69) is 15.0 Å². The van der Waals surface area contributed by atoms with Gasteiger partial charge in [0.05, 0.1) is 18.9 Å². The summed E-state index contributed by atoms with van der Waals surface area (Å²) in [5, 5.41) is 3.31. The van der Waals surface area contributed by atoms with Crippen LogP contribution in [0.3, 0.4) is 0 Å². The molecule has 2 saturated heterocycles. The number of amides is 1. The quantitative estimate of drug-likeness (QED) is 0.778. The van der Waals surface area contributed by atoms with Gasteiger partial charge in [0, 0.05) is 37.7 Å². The van der Waals surface area contributed by atoms with Gasteiger partial charge in [-0.1, -0.05) is 30.3 Å². The topological polar surface area (TPSA) is 66.4 Å². The Morgan fingerprint density at radius 1 is 1.17 bits per heavy atom. The molecule has 2 atom stereocenters. The number of morpholine rings is 1. The highest BCUT2D eigenvalue weighted by Crippen LogP contribution is 2.23. The third-order valence-corrected chi connectivity index (χ3v) is 6.05. The highest BCUT2D eigenvalue weighted by Gasteiger charge is 2.32. The summed E-state index contributed by atoms with van der Waals surface area (Å²) in [6.07, 6.45) is 1.99. The minimum absolute atomic E-state index is 0.110. The van der Waals surface area contributed by atoms with Crippen LogP contribution < -0.4 is 0 Å². The summed E-state index contributed by atoms with van der Waals surface area (Å²) in [5.41, 5.74) is 1.02. The van der Waals surface area contributed by atoms with Crippen molar-refractivity contribution in [1.82, 2.24) is 24.6 Å². The van der Waals surface area contributed by atoms with Gasteiger partial charge in [0.2, 0.25) is 10.7 Å². The Morgan fingerprint density at radius 2 is 1.83 bits per heavy atom. The minimum atomic E-state index is 0.110. The van der Waals surface area contributed by atoms with Crippen LogP contribution in [0.4, 0.5) is 0 Å². The summed E-state index contributed by atoms with van der Waals surface area (Å²) >= 11 is 5.43. The number of hydrogen-bond acceptors (Lipinski definition) is 5. The van der Waals surface area contributed by atoms with Crippen molar-refractivity contribution in [3.05, 3.63) is 35.1 Å². The summed E-state index contributed by atoms with van der Waals surface area (Å²) in [6.45, 7) is 7.92. The molecule has 2 aliphatic rings. The summed E-state index contributed by atoms with van der Waals surface area (Å²) in [4.78, 5) is 21.8. The van der Waals surface area contributed by atoms with Crippen molar-refractivity contribution in [3.63, 3.8) is 0 Å². The van der Waals surface area contributed by atoms with Gasteiger partial charge in [-0.15, -0.1) is 0 Å². The second kappa shape index (κ2) is 8.77. The van der Waals surface area contributed by atoms with Crippen LogP contribution in [0.15, 0.2) is 30.3 Å². The van der Waals surface area contributed by atoms with Gasteiger partial charge < -0.3 is 9.64 Å². The van der Waals surface area contributed by atoms with Crippen LogP contribution in [0.5, 0.6) is 0 Å². The van der Waals surface area contributed by atoms with Crippen LogP contribution in [-0.2, 0) is 16.2 Å². The van der Waals surface area contributed by atoms with Crippen molar-refractivity contribution in [2.45, 2.75) is 45.6 Å². The molecule has 2 aliphatic heterocycles. The van der Waals surface area contributed by atoms with E-state index >= 15 is 0 Å². The largest absolute Gasteiger partial charge is 0.372 e. The number of nitrogens with zero attached hydrogens (tertiary/aromatic N) is 4. The molecule has 29 heavy (non-hydrogen) atoms. The zero-order valence-electron chi connectivity index (χ0n) is 17.1. The molecule has 3 heterocycles. The molecular weight excluding hydrogens is 386 g/mol. The van der Waals surface area contributed by atoms with E-state index in [0.717, 1.165) is 37.3 Å². The van der Waals surface area contributed by atoms with E-state index in [1.807, 2.05) is 53.8 Å². The highest BCUT2D eigenvalue weighted by molar-refractivity contribution is 7.71. The molecule has 1 aromatic heterocycles. The number of aromatic nitrogens is 3. The lowest BCUT2D eigenvalue weighted by Gasteiger charge is -2.39. The molecule has 1 N–H and O–H groups in total. The number of piperidine rings is 1. The number of nitrogens with one attached hydrogen (secondary N) is 1. The molecule has 0 spiro atoms. The molecule has 0 bridgehead atoms. The Kier molecular flexibility index (Phi) is 6.12. The number of carbonyl (C=O) groups excluding carboxylic acids is 1. The number of aromatic amines is 1. The Labute approximate surface area is 176 Å². The summed E-state index contributed by atoms with van der Waals surface area (Å²) in [7, 11) is 0. The Bertz CT molecular complexity index is 878. The molecule has 1 aromatic carbocycles. The molecule has 8 heteroatoms. The smallest absolute Gasteiger partial charge is 0.225 e. The standard InChI is InChI=1S/C21H29N5O2S/c1-15-12-25(13-16(2)28-15)20(27)18-8-10-24(11-9-18)14-26-21(29)22-19(23-26)17-6-4-3-5-7-17/h3-7,15-16,18H,8-14H2,1-2H3,(H,22,23,29)/t15-,16-/m0/s1. The second-order valence-corrected chi connectivity index (χ2v) is 8.55. The van der Waals surface area contributed by atoms with E-state index in [1.54, 1.807) is 0 Å².